The van der Waals surface area contributed by atoms with Gasteiger partial charge in [0, 0.05) is 22.6 Å². The molecule has 1 aromatic carbocycles. The SMILES string of the molecule is Cc1ccc(S(=O)(=O)Nc2nc3c(s2)CC2(C)CCC4C(C)C(=O)OC4C2C3C)cc1. The number of rotatable bonds is 3. The molecule has 3 aliphatic rings. The number of aryl methyl sites for hydroxylation is 1. The fraction of sp³-hybridized carbons (Fsp3) is 0.565. The zero-order chi connectivity index (χ0) is 22.1. The molecule has 2 aliphatic carbocycles. The van der Waals surface area contributed by atoms with E-state index in [0.717, 1.165) is 35.4 Å². The number of nitrogens with zero attached hydrogens (tertiary/aromatic N) is 1. The van der Waals surface area contributed by atoms with Crippen molar-refractivity contribution < 1.29 is 17.9 Å². The molecular weight excluding hydrogens is 432 g/mol. The predicted octanol–water partition coefficient (Wildman–Crippen LogP) is 4.51. The minimum Gasteiger partial charge on any atom is -0.461 e. The van der Waals surface area contributed by atoms with Gasteiger partial charge in [-0.2, -0.15) is 0 Å². The first-order chi connectivity index (χ1) is 14.6. The van der Waals surface area contributed by atoms with Crippen molar-refractivity contribution >= 4 is 32.5 Å². The molecule has 2 heterocycles. The van der Waals surface area contributed by atoms with Gasteiger partial charge in [0.2, 0.25) is 0 Å². The van der Waals surface area contributed by atoms with Crippen LogP contribution < -0.4 is 4.72 Å². The van der Waals surface area contributed by atoms with Gasteiger partial charge in [-0.3, -0.25) is 9.52 Å². The number of benzene rings is 1. The highest BCUT2D eigenvalue weighted by Gasteiger charge is 2.58. The summed E-state index contributed by atoms with van der Waals surface area (Å²) in [5, 5.41) is 0.410. The van der Waals surface area contributed by atoms with Crippen molar-refractivity contribution in [3.8, 4) is 0 Å². The summed E-state index contributed by atoms with van der Waals surface area (Å²) in [7, 11) is -3.69. The molecule has 1 saturated carbocycles. The first-order valence-electron chi connectivity index (χ1n) is 10.9. The van der Waals surface area contributed by atoms with Gasteiger partial charge >= 0.3 is 5.97 Å². The Hall–Kier alpha value is -1.93. The summed E-state index contributed by atoms with van der Waals surface area (Å²) in [5.41, 5.74) is 1.98. The molecule has 6 unspecified atom stereocenters. The molecule has 6 atom stereocenters. The quantitative estimate of drug-likeness (QED) is 0.682. The summed E-state index contributed by atoms with van der Waals surface area (Å²) in [5.74, 6) is 0.454. The molecule has 0 bridgehead atoms. The lowest BCUT2D eigenvalue weighted by Gasteiger charge is -2.51. The molecule has 166 valence electrons. The Morgan fingerprint density at radius 1 is 1.19 bits per heavy atom. The summed E-state index contributed by atoms with van der Waals surface area (Å²) < 4.78 is 34.2. The Morgan fingerprint density at radius 2 is 1.90 bits per heavy atom. The largest absolute Gasteiger partial charge is 0.461 e. The molecule has 1 aliphatic heterocycles. The second-order valence-corrected chi connectivity index (χ2v) is 12.5. The number of hydrogen-bond acceptors (Lipinski definition) is 6. The molecule has 6 nitrogen and oxygen atoms in total. The van der Waals surface area contributed by atoms with Crippen LogP contribution in [0.15, 0.2) is 29.2 Å². The van der Waals surface area contributed by atoms with Crippen LogP contribution >= 0.6 is 11.3 Å². The monoisotopic (exact) mass is 460 g/mol. The van der Waals surface area contributed by atoms with E-state index in [-0.39, 0.29) is 46.1 Å². The van der Waals surface area contributed by atoms with Crippen LogP contribution in [-0.4, -0.2) is 25.5 Å². The topological polar surface area (TPSA) is 85.4 Å². The van der Waals surface area contributed by atoms with Crippen LogP contribution in [0.3, 0.4) is 0 Å². The summed E-state index contributed by atoms with van der Waals surface area (Å²) in [6.07, 6.45) is 2.82. The zero-order valence-electron chi connectivity index (χ0n) is 18.2. The van der Waals surface area contributed by atoms with E-state index in [4.69, 9.17) is 9.72 Å². The number of aromatic nitrogens is 1. The standard InChI is InChI=1S/C23H28N2O4S2/c1-12-5-7-15(8-6-12)31(27,28)25-22-24-19-14(3)18-20-16(13(2)21(26)29-20)9-10-23(18,4)11-17(19)30-22/h5-8,13-14,16,18,20H,9-11H2,1-4H3,(H,24,25). The molecule has 0 amide bonds. The summed E-state index contributed by atoms with van der Waals surface area (Å²) >= 11 is 1.44. The lowest BCUT2D eigenvalue weighted by molar-refractivity contribution is -0.149. The molecule has 8 heteroatoms. The Kier molecular flexibility index (Phi) is 4.75. The molecule has 31 heavy (non-hydrogen) atoms. The maximum Gasteiger partial charge on any atom is 0.309 e. The third-order valence-corrected chi connectivity index (χ3v) is 10.2. The van der Waals surface area contributed by atoms with E-state index in [1.165, 1.54) is 11.3 Å². The number of carbonyl (C=O) groups excluding carboxylic acids is 1. The Balaban J connectivity index is 1.45. The number of hydrogen-bond donors (Lipinski definition) is 1. The van der Waals surface area contributed by atoms with Gasteiger partial charge in [0.25, 0.3) is 10.0 Å². The van der Waals surface area contributed by atoms with E-state index < -0.39 is 10.0 Å². The van der Waals surface area contributed by atoms with Gasteiger partial charge in [-0.25, -0.2) is 13.4 Å². The molecule has 0 radical (unpaired) electrons. The average molecular weight is 461 g/mol. The third-order valence-electron chi connectivity index (χ3n) is 7.71. The molecule has 0 spiro atoms. The number of sulfonamides is 1. The minimum atomic E-state index is -3.69. The summed E-state index contributed by atoms with van der Waals surface area (Å²) in [4.78, 5) is 18.4. The Bertz CT molecular complexity index is 1140. The van der Waals surface area contributed by atoms with E-state index in [2.05, 4.69) is 18.6 Å². The van der Waals surface area contributed by atoms with Gasteiger partial charge in [-0.05, 0) is 43.7 Å². The number of carbonyl (C=O) groups is 1. The first-order valence-corrected chi connectivity index (χ1v) is 13.2. The molecule has 2 aromatic rings. The zero-order valence-corrected chi connectivity index (χ0v) is 19.8. The maximum atomic E-state index is 12.8. The highest BCUT2D eigenvalue weighted by atomic mass is 32.2. The summed E-state index contributed by atoms with van der Waals surface area (Å²) in [6.45, 7) is 8.35. The number of fused-ring (bicyclic) bond motifs is 4. The van der Waals surface area contributed by atoms with Crippen molar-refractivity contribution in [1.29, 1.82) is 0 Å². The van der Waals surface area contributed by atoms with Gasteiger partial charge < -0.3 is 4.74 Å². The third kappa shape index (κ3) is 3.30. The lowest BCUT2D eigenvalue weighted by atomic mass is 9.54. The van der Waals surface area contributed by atoms with Crippen molar-refractivity contribution in [3.63, 3.8) is 0 Å². The molecular formula is C23H28N2O4S2. The van der Waals surface area contributed by atoms with Crippen molar-refractivity contribution in [2.45, 2.75) is 63.9 Å². The predicted molar refractivity (Wildman–Crippen MR) is 120 cm³/mol. The second-order valence-electron chi connectivity index (χ2n) is 9.78. The smallest absolute Gasteiger partial charge is 0.309 e. The molecule has 5 rings (SSSR count). The van der Waals surface area contributed by atoms with E-state index >= 15 is 0 Å². The van der Waals surface area contributed by atoms with Crippen molar-refractivity contribution in [1.82, 2.24) is 4.98 Å². The normalized spacial score (nSPS) is 34.5. The van der Waals surface area contributed by atoms with Gasteiger partial charge in [0.05, 0.1) is 16.5 Å². The highest BCUT2D eigenvalue weighted by molar-refractivity contribution is 7.93. The van der Waals surface area contributed by atoms with Crippen LogP contribution in [-0.2, 0) is 26.0 Å². The van der Waals surface area contributed by atoms with Crippen molar-refractivity contribution in [2.75, 3.05) is 4.72 Å². The van der Waals surface area contributed by atoms with Crippen LogP contribution in [0.5, 0.6) is 0 Å². The van der Waals surface area contributed by atoms with E-state index in [1.54, 1.807) is 24.3 Å². The Labute approximate surface area is 187 Å². The van der Waals surface area contributed by atoms with Gasteiger partial charge in [0.15, 0.2) is 5.13 Å². The number of ether oxygens (including phenoxy) is 1. The second kappa shape index (κ2) is 7.04. The van der Waals surface area contributed by atoms with Crippen LogP contribution in [0.4, 0.5) is 5.13 Å². The summed E-state index contributed by atoms with van der Waals surface area (Å²) in [6, 6.07) is 6.79. The molecule has 1 saturated heterocycles. The average Bonchev–Trinajstić information content (AvgIpc) is 3.21. The highest BCUT2D eigenvalue weighted by Crippen LogP contribution is 2.59. The molecule has 1 N–H and O–H groups in total. The van der Waals surface area contributed by atoms with Crippen LogP contribution in [0.1, 0.15) is 55.7 Å². The Morgan fingerprint density at radius 3 is 2.61 bits per heavy atom. The van der Waals surface area contributed by atoms with E-state index in [0.29, 0.717) is 5.13 Å². The van der Waals surface area contributed by atoms with Gasteiger partial charge in [0.1, 0.15) is 6.10 Å². The van der Waals surface area contributed by atoms with Gasteiger partial charge in [-0.15, -0.1) is 11.3 Å². The van der Waals surface area contributed by atoms with Crippen molar-refractivity contribution in [2.24, 2.45) is 23.2 Å². The number of nitrogens with one attached hydrogen (secondary N) is 1. The van der Waals surface area contributed by atoms with Crippen LogP contribution in [0.2, 0.25) is 0 Å². The van der Waals surface area contributed by atoms with Gasteiger partial charge in [-0.1, -0.05) is 38.5 Å². The number of esters is 1. The van der Waals surface area contributed by atoms with E-state index in [1.807, 2.05) is 13.8 Å². The van der Waals surface area contributed by atoms with Crippen LogP contribution in [0, 0.1) is 30.1 Å². The first kappa shape index (κ1) is 20.9. The fourth-order valence-electron chi connectivity index (χ4n) is 6.01. The molecule has 1 aromatic heterocycles. The van der Waals surface area contributed by atoms with Crippen molar-refractivity contribution in [3.05, 3.63) is 40.4 Å². The van der Waals surface area contributed by atoms with E-state index in [9.17, 15) is 13.2 Å². The molecule has 2 fully saturated rings. The minimum absolute atomic E-state index is 0.0254. The number of thiazole rings is 1. The lowest BCUT2D eigenvalue weighted by Crippen LogP contribution is -2.50. The maximum absolute atomic E-state index is 12.8. The number of anilines is 1. The fourth-order valence-corrected chi connectivity index (χ4v) is 8.51. The van der Waals surface area contributed by atoms with Crippen LogP contribution in [0.25, 0.3) is 0 Å².